The number of hydrogen-bond donors (Lipinski definition) is 2. The second kappa shape index (κ2) is 8.93. The maximum atomic E-state index is 13.1. The van der Waals surface area contributed by atoms with Crippen molar-refractivity contribution in [3.8, 4) is 11.4 Å². The van der Waals surface area contributed by atoms with E-state index in [1.807, 2.05) is 18.2 Å². The Labute approximate surface area is 195 Å². The van der Waals surface area contributed by atoms with Crippen molar-refractivity contribution >= 4 is 39.6 Å². The Hall–Kier alpha value is -4.68. The minimum atomic E-state index is -5.27. The maximum absolute atomic E-state index is 13.1. The highest BCUT2D eigenvalue weighted by molar-refractivity contribution is 6.14. The van der Waals surface area contributed by atoms with Gasteiger partial charge in [-0.05, 0) is 36.3 Å². The molecule has 180 valence electrons. The van der Waals surface area contributed by atoms with Gasteiger partial charge in [-0.3, -0.25) is 10.1 Å². The number of guanidine groups is 1. The lowest BCUT2D eigenvalue weighted by atomic mass is 10.1. The van der Waals surface area contributed by atoms with Crippen LogP contribution >= 0.6 is 0 Å². The van der Waals surface area contributed by atoms with Crippen molar-refractivity contribution in [3.05, 3.63) is 59.9 Å². The van der Waals surface area contributed by atoms with Crippen molar-refractivity contribution in [2.24, 2.45) is 10.9 Å². The van der Waals surface area contributed by atoms with E-state index in [2.05, 4.69) is 25.5 Å². The quantitative estimate of drug-likeness (QED) is 0.196. The van der Waals surface area contributed by atoms with Crippen molar-refractivity contribution in [1.29, 1.82) is 0 Å². The van der Waals surface area contributed by atoms with Crippen LogP contribution in [0.5, 0.6) is 5.75 Å². The number of amides is 1. The SMILES string of the molecule is COc1ccc2c(c1)c(C(=O)NC(N)=NOC(=O)C(F)(F)F)c(C)n2-c1cnnc2ccccc12. The number of hydrogen-bond acceptors (Lipinski definition) is 7. The van der Waals surface area contributed by atoms with Crippen LogP contribution in [0.25, 0.3) is 27.5 Å². The molecule has 13 heteroatoms. The van der Waals surface area contributed by atoms with E-state index in [0.717, 1.165) is 5.39 Å². The van der Waals surface area contributed by atoms with Crippen LogP contribution in [0.3, 0.4) is 0 Å². The molecule has 35 heavy (non-hydrogen) atoms. The van der Waals surface area contributed by atoms with Crippen LogP contribution in [0.2, 0.25) is 0 Å². The number of carbonyl (C=O) groups is 2. The number of rotatable bonds is 4. The fourth-order valence-corrected chi connectivity index (χ4v) is 3.64. The number of nitrogens with two attached hydrogens (primary N) is 1. The molecule has 0 saturated carbocycles. The molecular weight excluding hydrogens is 469 g/mol. The van der Waals surface area contributed by atoms with Gasteiger partial charge in [-0.2, -0.15) is 23.4 Å². The van der Waals surface area contributed by atoms with Crippen LogP contribution in [-0.4, -0.2) is 45.9 Å². The smallest absolute Gasteiger partial charge is 0.493 e. The third kappa shape index (κ3) is 4.43. The zero-order valence-corrected chi connectivity index (χ0v) is 18.3. The number of carbonyl (C=O) groups excluding carboxylic acids is 2. The first-order chi connectivity index (χ1) is 16.6. The minimum absolute atomic E-state index is 0.139. The van der Waals surface area contributed by atoms with E-state index in [-0.39, 0.29) is 5.56 Å². The monoisotopic (exact) mass is 486 g/mol. The second-order valence-electron chi connectivity index (χ2n) is 7.23. The van der Waals surface area contributed by atoms with Gasteiger partial charge in [-0.15, -0.1) is 0 Å². The molecule has 10 nitrogen and oxygen atoms in total. The van der Waals surface area contributed by atoms with Gasteiger partial charge >= 0.3 is 12.1 Å². The molecule has 0 spiro atoms. The van der Waals surface area contributed by atoms with Gasteiger partial charge in [0.05, 0.1) is 35.6 Å². The van der Waals surface area contributed by atoms with E-state index in [4.69, 9.17) is 10.5 Å². The van der Waals surface area contributed by atoms with Gasteiger partial charge in [0, 0.05) is 16.5 Å². The van der Waals surface area contributed by atoms with Gasteiger partial charge < -0.3 is 19.9 Å². The lowest BCUT2D eigenvalue weighted by molar-refractivity contribution is -0.199. The Morgan fingerprint density at radius 3 is 2.60 bits per heavy atom. The number of halogens is 3. The molecule has 0 unspecified atom stereocenters. The molecular formula is C22H17F3N6O4. The van der Waals surface area contributed by atoms with Crippen molar-refractivity contribution in [3.63, 3.8) is 0 Å². The molecule has 0 aliphatic carbocycles. The normalized spacial score (nSPS) is 12.1. The Kier molecular flexibility index (Phi) is 5.99. The van der Waals surface area contributed by atoms with E-state index in [1.165, 1.54) is 7.11 Å². The first-order valence-corrected chi connectivity index (χ1v) is 9.94. The molecule has 3 N–H and O–H groups in total. The van der Waals surface area contributed by atoms with Crippen LogP contribution in [0, 0.1) is 6.92 Å². The van der Waals surface area contributed by atoms with Crippen molar-refractivity contribution in [1.82, 2.24) is 20.1 Å². The number of oxime groups is 1. The van der Waals surface area contributed by atoms with E-state index in [9.17, 15) is 22.8 Å². The molecule has 0 bridgehead atoms. The Bertz CT molecular complexity index is 1490. The first kappa shape index (κ1) is 23.5. The van der Waals surface area contributed by atoms with Crippen LogP contribution in [0.15, 0.2) is 53.8 Å². The fourth-order valence-electron chi connectivity index (χ4n) is 3.64. The van der Waals surface area contributed by atoms with Crippen molar-refractivity contribution in [2.75, 3.05) is 7.11 Å². The number of benzene rings is 2. The summed E-state index contributed by atoms with van der Waals surface area (Å²) < 4.78 is 44.0. The predicted octanol–water partition coefficient (Wildman–Crippen LogP) is 2.96. The summed E-state index contributed by atoms with van der Waals surface area (Å²) in [7, 11) is 1.46. The highest BCUT2D eigenvalue weighted by Gasteiger charge is 2.41. The maximum Gasteiger partial charge on any atom is 0.493 e. The standard InChI is InChI=1S/C22H17F3N6O4/c1-11-18(19(32)28-21(26)30-35-20(33)22(23,24)25)14-9-12(34-2)7-8-16(14)31(11)17-10-27-29-15-6-4-3-5-13(15)17/h3-10H,1-2H3,(H3,26,28,30,32). The van der Waals surface area contributed by atoms with Gasteiger partial charge in [0.1, 0.15) is 5.75 Å². The summed E-state index contributed by atoms with van der Waals surface area (Å²) in [6.45, 7) is 1.67. The number of alkyl halides is 3. The molecule has 0 atom stereocenters. The second-order valence-corrected chi connectivity index (χ2v) is 7.23. The summed E-state index contributed by atoms with van der Waals surface area (Å²) in [5, 5.41) is 14.4. The topological polar surface area (TPSA) is 134 Å². The number of nitrogens with zero attached hydrogens (tertiary/aromatic N) is 4. The summed E-state index contributed by atoms with van der Waals surface area (Å²) in [6.07, 6.45) is -3.72. The Morgan fingerprint density at radius 2 is 1.89 bits per heavy atom. The summed E-state index contributed by atoms with van der Waals surface area (Å²) in [5.41, 5.74) is 7.96. The summed E-state index contributed by atoms with van der Waals surface area (Å²) in [4.78, 5) is 27.7. The zero-order chi connectivity index (χ0) is 25.3. The van der Waals surface area contributed by atoms with Gasteiger partial charge in [-0.1, -0.05) is 18.2 Å². The lowest BCUT2D eigenvalue weighted by Crippen LogP contribution is -2.38. The molecule has 0 aliphatic rings. The predicted molar refractivity (Wildman–Crippen MR) is 119 cm³/mol. The van der Waals surface area contributed by atoms with E-state index in [1.54, 1.807) is 42.0 Å². The third-order valence-corrected chi connectivity index (χ3v) is 5.10. The Morgan fingerprint density at radius 1 is 1.14 bits per heavy atom. The summed E-state index contributed by atoms with van der Waals surface area (Å²) >= 11 is 0. The molecule has 0 radical (unpaired) electrons. The number of ether oxygens (including phenoxy) is 1. The summed E-state index contributed by atoms with van der Waals surface area (Å²) in [6, 6.07) is 12.4. The highest BCUT2D eigenvalue weighted by Crippen LogP contribution is 2.33. The van der Waals surface area contributed by atoms with Gasteiger partial charge in [0.2, 0.25) is 5.96 Å². The molecule has 2 aromatic carbocycles. The zero-order valence-electron chi connectivity index (χ0n) is 18.3. The van der Waals surface area contributed by atoms with Crippen LogP contribution in [0.4, 0.5) is 13.2 Å². The van der Waals surface area contributed by atoms with Crippen LogP contribution in [-0.2, 0) is 9.63 Å². The van der Waals surface area contributed by atoms with Gasteiger partial charge in [0.25, 0.3) is 5.91 Å². The number of methoxy groups -OCH3 is 1. The largest absolute Gasteiger partial charge is 0.497 e. The molecule has 0 fully saturated rings. The first-order valence-electron chi connectivity index (χ1n) is 9.94. The summed E-state index contributed by atoms with van der Waals surface area (Å²) in [5.74, 6) is -3.76. The molecule has 4 aromatic rings. The van der Waals surface area contributed by atoms with Gasteiger partial charge in [0.15, 0.2) is 0 Å². The fraction of sp³-hybridized carbons (Fsp3) is 0.136. The van der Waals surface area contributed by atoms with E-state index in [0.29, 0.717) is 33.6 Å². The van der Waals surface area contributed by atoms with Crippen LogP contribution < -0.4 is 15.8 Å². The Balaban J connectivity index is 1.82. The van der Waals surface area contributed by atoms with Crippen molar-refractivity contribution < 1.29 is 32.3 Å². The number of fused-ring (bicyclic) bond motifs is 2. The molecule has 1 amide bonds. The van der Waals surface area contributed by atoms with E-state index >= 15 is 0 Å². The number of nitrogens with one attached hydrogen (secondary N) is 1. The molecule has 2 heterocycles. The number of aromatic nitrogens is 3. The molecule has 2 aromatic heterocycles. The lowest BCUT2D eigenvalue weighted by Gasteiger charge is -2.11. The average molecular weight is 486 g/mol. The molecule has 0 aliphatic heterocycles. The average Bonchev–Trinajstić information content (AvgIpc) is 3.12. The van der Waals surface area contributed by atoms with E-state index < -0.39 is 24.0 Å². The van der Waals surface area contributed by atoms with Crippen molar-refractivity contribution in [2.45, 2.75) is 13.1 Å². The molecule has 4 rings (SSSR count). The highest BCUT2D eigenvalue weighted by atomic mass is 19.4. The minimum Gasteiger partial charge on any atom is -0.497 e. The van der Waals surface area contributed by atoms with Gasteiger partial charge in [-0.25, -0.2) is 4.79 Å². The molecule has 0 saturated heterocycles. The third-order valence-electron chi connectivity index (χ3n) is 5.10. The van der Waals surface area contributed by atoms with Crippen LogP contribution in [0.1, 0.15) is 16.1 Å².